The first kappa shape index (κ1) is 14.1. The maximum absolute atomic E-state index is 12.0. The second-order valence-electron chi connectivity index (χ2n) is 4.65. The number of nitrogen functional groups attached to an aromatic ring is 1. The van der Waals surface area contributed by atoms with Crippen molar-refractivity contribution in [2.24, 2.45) is 0 Å². The number of amides is 1. The van der Waals surface area contributed by atoms with Crippen LogP contribution >= 0.6 is 0 Å². The Morgan fingerprint density at radius 1 is 1.50 bits per heavy atom. The van der Waals surface area contributed by atoms with Crippen molar-refractivity contribution < 1.29 is 4.79 Å². The summed E-state index contributed by atoms with van der Waals surface area (Å²) in [7, 11) is 0. The number of nitrogens with two attached hydrogens (primary N) is 1. The summed E-state index contributed by atoms with van der Waals surface area (Å²) in [6.07, 6.45) is 5.17. The van der Waals surface area contributed by atoms with E-state index in [4.69, 9.17) is 5.73 Å². The Morgan fingerprint density at radius 2 is 2.30 bits per heavy atom. The van der Waals surface area contributed by atoms with E-state index < -0.39 is 0 Å². The van der Waals surface area contributed by atoms with Crippen LogP contribution in [0.5, 0.6) is 0 Å². The molecule has 3 N–H and O–H groups in total. The third-order valence-corrected chi connectivity index (χ3v) is 3.19. The van der Waals surface area contributed by atoms with E-state index in [0.717, 1.165) is 29.3 Å². The van der Waals surface area contributed by atoms with Gasteiger partial charge in [0.1, 0.15) is 0 Å². The molecule has 4 heteroatoms. The van der Waals surface area contributed by atoms with Gasteiger partial charge in [-0.25, -0.2) is 0 Å². The number of benzene rings is 1. The zero-order valence-electron chi connectivity index (χ0n) is 11.6. The Morgan fingerprint density at radius 3 is 3.00 bits per heavy atom. The number of nitrogens with zero attached hydrogens (tertiary/aromatic N) is 1. The standard InChI is InChI=1S/C16H19N3O/c1-3-6-11-7-5-8-12-14(17)13(10-19-15(11)12)16(20)18-9-4-2/h4-5,7-8,10H,2-3,6,9H2,1H3,(H2,17,19)(H,18,20). The summed E-state index contributed by atoms with van der Waals surface area (Å²) in [6, 6.07) is 5.91. The largest absolute Gasteiger partial charge is 0.397 e. The van der Waals surface area contributed by atoms with Crippen LogP contribution in [0.15, 0.2) is 37.1 Å². The Balaban J connectivity index is 2.48. The lowest BCUT2D eigenvalue weighted by molar-refractivity contribution is 0.0958. The summed E-state index contributed by atoms with van der Waals surface area (Å²) in [5.41, 5.74) is 9.06. The number of hydrogen-bond donors (Lipinski definition) is 2. The van der Waals surface area contributed by atoms with Gasteiger partial charge in [-0.3, -0.25) is 9.78 Å². The fraction of sp³-hybridized carbons (Fsp3) is 0.250. The molecule has 1 amide bonds. The van der Waals surface area contributed by atoms with E-state index in [-0.39, 0.29) is 5.91 Å². The molecule has 1 aromatic carbocycles. The number of carbonyl (C=O) groups excluding carboxylic acids is 1. The van der Waals surface area contributed by atoms with Crippen LogP contribution in [0.4, 0.5) is 5.69 Å². The third-order valence-electron chi connectivity index (χ3n) is 3.19. The first-order valence-electron chi connectivity index (χ1n) is 6.74. The maximum Gasteiger partial charge on any atom is 0.255 e. The second kappa shape index (κ2) is 6.19. The third kappa shape index (κ3) is 2.64. The van der Waals surface area contributed by atoms with E-state index in [2.05, 4.69) is 29.9 Å². The van der Waals surface area contributed by atoms with Gasteiger partial charge >= 0.3 is 0 Å². The van der Waals surface area contributed by atoms with Crippen LogP contribution in [0.2, 0.25) is 0 Å². The molecule has 0 unspecified atom stereocenters. The van der Waals surface area contributed by atoms with Gasteiger partial charge in [-0.2, -0.15) is 0 Å². The van der Waals surface area contributed by atoms with E-state index in [1.165, 1.54) is 0 Å². The van der Waals surface area contributed by atoms with E-state index in [1.54, 1.807) is 12.3 Å². The number of fused-ring (bicyclic) bond motifs is 1. The van der Waals surface area contributed by atoms with Gasteiger partial charge < -0.3 is 11.1 Å². The lowest BCUT2D eigenvalue weighted by Gasteiger charge is -2.10. The molecule has 0 atom stereocenters. The van der Waals surface area contributed by atoms with E-state index >= 15 is 0 Å². The highest BCUT2D eigenvalue weighted by Crippen LogP contribution is 2.26. The molecule has 0 saturated heterocycles. The van der Waals surface area contributed by atoms with Gasteiger partial charge in [0.15, 0.2) is 0 Å². The molecule has 20 heavy (non-hydrogen) atoms. The predicted molar refractivity (Wildman–Crippen MR) is 82.7 cm³/mol. The molecular formula is C16H19N3O. The van der Waals surface area contributed by atoms with Gasteiger partial charge in [0, 0.05) is 18.1 Å². The van der Waals surface area contributed by atoms with E-state index in [1.807, 2.05) is 12.1 Å². The van der Waals surface area contributed by atoms with Crippen molar-refractivity contribution in [2.75, 3.05) is 12.3 Å². The number of para-hydroxylation sites is 1. The van der Waals surface area contributed by atoms with Crippen LogP contribution in [-0.4, -0.2) is 17.4 Å². The minimum absolute atomic E-state index is 0.224. The molecule has 1 aromatic heterocycles. The first-order valence-corrected chi connectivity index (χ1v) is 6.74. The number of aromatic nitrogens is 1. The summed E-state index contributed by atoms with van der Waals surface area (Å²) in [6.45, 7) is 6.10. The van der Waals surface area contributed by atoms with Gasteiger partial charge in [-0.05, 0) is 12.0 Å². The minimum Gasteiger partial charge on any atom is -0.397 e. The molecule has 104 valence electrons. The summed E-state index contributed by atoms with van der Waals surface area (Å²) in [4.78, 5) is 16.4. The smallest absolute Gasteiger partial charge is 0.255 e. The Bertz CT molecular complexity index is 649. The zero-order valence-corrected chi connectivity index (χ0v) is 11.6. The number of hydrogen-bond acceptors (Lipinski definition) is 3. The first-order chi connectivity index (χ1) is 9.69. The van der Waals surface area contributed by atoms with Crippen molar-refractivity contribution >= 4 is 22.5 Å². The summed E-state index contributed by atoms with van der Waals surface area (Å²) in [5, 5.41) is 3.55. The fourth-order valence-corrected chi connectivity index (χ4v) is 2.22. The molecule has 0 spiro atoms. The maximum atomic E-state index is 12.0. The number of anilines is 1. The molecule has 0 aliphatic heterocycles. The number of nitrogens with one attached hydrogen (secondary N) is 1. The lowest BCUT2D eigenvalue weighted by Crippen LogP contribution is -2.24. The normalized spacial score (nSPS) is 10.4. The minimum atomic E-state index is -0.224. The summed E-state index contributed by atoms with van der Waals surface area (Å²) in [5.74, 6) is -0.224. The average Bonchev–Trinajstić information content (AvgIpc) is 2.46. The van der Waals surface area contributed by atoms with E-state index in [9.17, 15) is 4.79 Å². The van der Waals surface area contributed by atoms with Crippen LogP contribution in [0.25, 0.3) is 10.9 Å². The SMILES string of the molecule is C=CCNC(=O)c1cnc2c(CCC)cccc2c1N. The van der Waals surface area contributed by atoms with Crippen molar-refractivity contribution in [1.82, 2.24) is 10.3 Å². The monoisotopic (exact) mass is 269 g/mol. The molecule has 0 aliphatic carbocycles. The molecule has 0 radical (unpaired) electrons. The Hall–Kier alpha value is -2.36. The lowest BCUT2D eigenvalue weighted by atomic mass is 10.0. The Labute approximate surface area is 118 Å². The van der Waals surface area contributed by atoms with Crippen molar-refractivity contribution in [3.05, 3.63) is 48.2 Å². The number of aryl methyl sites for hydroxylation is 1. The van der Waals surface area contributed by atoms with Gasteiger partial charge in [-0.15, -0.1) is 6.58 Å². The van der Waals surface area contributed by atoms with Crippen LogP contribution in [-0.2, 0) is 6.42 Å². The second-order valence-corrected chi connectivity index (χ2v) is 4.65. The molecular weight excluding hydrogens is 250 g/mol. The molecule has 0 aliphatic rings. The van der Waals surface area contributed by atoms with Crippen LogP contribution in [0, 0.1) is 0 Å². The average molecular weight is 269 g/mol. The Kier molecular flexibility index (Phi) is 4.35. The van der Waals surface area contributed by atoms with Gasteiger partial charge in [0.25, 0.3) is 5.91 Å². The highest BCUT2D eigenvalue weighted by molar-refractivity contribution is 6.06. The van der Waals surface area contributed by atoms with Crippen LogP contribution in [0.3, 0.4) is 0 Å². The number of rotatable bonds is 5. The molecule has 0 saturated carbocycles. The summed E-state index contributed by atoms with van der Waals surface area (Å²) < 4.78 is 0. The molecule has 0 fully saturated rings. The molecule has 2 rings (SSSR count). The molecule has 1 heterocycles. The predicted octanol–water partition coefficient (Wildman–Crippen LogP) is 2.69. The van der Waals surface area contributed by atoms with Crippen LogP contribution in [0.1, 0.15) is 29.3 Å². The van der Waals surface area contributed by atoms with Gasteiger partial charge in [-0.1, -0.05) is 37.6 Å². The zero-order chi connectivity index (χ0) is 14.5. The van der Waals surface area contributed by atoms with Crippen molar-refractivity contribution in [1.29, 1.82) is 0 Å². The number of pyridine rings is 1. The summed E-state index contributed by atoms with van der Waals surface area (Å²) >= 11 is 0. The van der Waals surface area contributed by atoms with Gasteiger partial charge in [0.05, 0.1) is 16.8 Å². The van der Waals surface area contributed by atoms with Crippen molar-refractivity contribution in [2.45, 2.75) is 19.8 Å². The van der Waals surface area contributed by atoms with Crippen molar-refractivity contribution in [3.8, 4) is 0 Å². The molecule has 0 bridgehead atoms. The van der Waals surface area contributed by atoms with Crippen LogP contribution < -0.4 is 11.1 Å². The molecule has 4 nitrogen and oxygen atoms in total. The quantitative estimate of drug-likeness (QED) is 0.820. The topological polar surface area (TPSA) is 68.0 Å². The highest BCUT2D eigenvalue weighted by Gasteiger charge is 2.13. The number of carbonyl (C=O) groups is 1. The fourth-order valence-electron chi connectivity index (χ4n) is 2.22. The van der Waals surface area contributed by atoms with Gasteiger partial charge in [0.2, 0.25) is 0 Å². The highest BCUT2D eigenvalue weighted by atomic mass is 16.1. The molecule has 2 aromatic rings. The van der Waals surface area contributed by atoms with Crippen molar-refractivity contribution in [3.63, 3.8) is 0 Å². The van der Waals surface area contributed by atoms with E-state index in [0.29, 0.717) is 17.8 Å².